The topological polar surface area (TPSA) is 97.7 Å². The molecule has 9 heteroatoms. The van der Waals surface area contributed by atoms with Crippen molar-refractivity contribution >= 4 is 34.2 Å². The number of nitrogens with zero attached hydrogens (tertiary/aromatic N) is 4. The van der Waals surface area contributed by atoms with Crippen LogP contribution in [0.2, 0.25) is 5.02 Å². The number of nitrogens with one attached hydrogen (secondary N) is 2. The molecule has 2 N–H and O–H groups in total. The lowest BCUT2D eigenvalue weighted by Crippen LogP contribution is -2.13. The van der Waals surface area contributed by atoms with E-state index in [4.69, 9.17) is 16.3 Å². The summed E-state index contributed by atoms with van der Waals surface area (Å²) in [7, 11) is 1.59. The SMILES string of the molecule is COc1ccc(NC(=O)c2cnc3c(c(C)cn3Cc3c[nH]nn3)c2Cl)cc1. The molecular formula is C19H17ClN6O2. The third-order valence-corrected chi connectivity index (χ3v) is 4.80. The number of aromatic amines is 1. The Hall–Kier alpha value is -3.39. The summed E-state index contributed by atoms with van der Waals surface area (Å²) in [5.41, 5.74) is 3.34. The minimum Gasteiger partial charge on any atom is -0.497 e. The fourth-order valence-corrected chi connectivity index (χ4v) is 3.40. The number of aryl methyl sites for hydroxylation is 1. The Morgan fingerprint density at radius 3 is 2.79 bits per heavy atom. The molecule has 0 fully saturated rings. The quantitative estimate of drug-likeness (QED) is 0.538. The number of fused-ring (bicyclic) bond motifs is 1. The molecule has 0 atom stereocenters. The van der Waals surface area contributed by atoms with Gasteiger partial charge in [0.1, 0.15) is 17.1 Å². The molecule has 0 radical (unpaired) electrons. The molecule has 142 valence electrons. The van der Waals surface area contributed by atoms with Crippen molar-refractivity contribution in [2.45, 2.75) is 13.5 Å². The molecule has 1 aromatic carbocycles. The molecule has 0 aliphatic carbocycles. The molecule has 0 spiro atoms. The number of hydrogen-bond donors (Lipinski definition) is 2. The predicted molar refractivity (Wildman–Crippen MR) is 106 cm³/mol. The van der Waals surface area contributed by atoms with Crippen LogP contribution in [0.4, 0.5) is 5.69 Å². The Labute approximate surface area is 165 Å². The lowest BCUT2D eigenvalue weighted by Gasteiger charge is -2.09. The average Bonchev–Trinajstić information content (AvgIpc) is 3.31. The van der Waals surface area contributed by atoms with Crippen LogP contribution >= 0.6 is 11.6 Å². The number of aromatic nitrogens is 5. The zero-order valence-electron chi connectivity index (χ0n) is 15.2. The smallest absolute Gasteiger partial charge is 0.258 e. The number of methoxy groups -OCH3 is 1. The Morgan fingerprint density at radius 2 is 2.11 bits per heavy atom. The van der Waals surface area contributed by atoms with Crippen LogP contribution in [0.3, 0.4) is 0 Å². The van der Waals surface area contributed by atoms with Gasteiger partial charge in [-0.05, 0) is 36.8 Å². The maximum absolute atomic E-state index is 12.7. The maximum atomic E-state index is 12.7. The van der Waals surface area contributed by atoms with Crippen LogP contribution in [0.5, 0.6) is 5.75 Å². The summed E-state index contributed by atoms with van der Waals surface area (Å²) in [6, 6.07) is 7.06. The largest absolute Gasteiger partial charge is 0.497 e. The molecule has 0 saturated heterocycles. The number of hydrogen-bond acceptors (Lipinski definition) is 5. The van der Waals surface area contributed by atoms with Crippen molar-refractivity contribution in [3.8, 4) is 5.75 Å². The molecule has 8 nitrogen and oxygen atoms in total. The Kier molecular flexibility index (Phi) is 4.70. The summed E-state index contributed by atoms with van der Waals surface area (Å²) >= 11 is 6.58. The Morgan fingerprint density at radius 1 is 1.32 bits per heavy atom. The molecule has 1 amide bonds. The van der Waals surface area contributed by atoms with Crippen LogP contribution < -0.4 is 10.1 Å². The number of rotatable bonds is 5. The van der Waals surface area contributed by atoms with E-state index in [9.17, 15) is 4.79 Å². The third-order valence-electron chi connectivity index (χ3n) is 4.40. The molecule has 28 heavy (non-hydrogen) atoms. The maximum Gasteiger partial charge on any atom is 0.258 e. The van der Waals surface area contributed by atoms with Crippen molar-refractivity contribution in [2.24, 2.45) is 0 Å². The minimum atomic E-state index is -0.326. The molecular weight excluding hydrogens is 380 g/mol. The van der Waals surface area contributed by atoms with Crippen LogP contribution in [0.1, 0.15) is 21.6 Å². The molecule has 4 aromatic rings. The van der Waals surface area contributed by atoms with Crippen molar-refractivity contribution in [3.63, 3.8) is 0 Å². The number of benzene rings is 1. The molecule has 3 aromatic heterocycles. The van der Waals surface area contributed by atoms with Crippen LogP contribution in [-0.4, -0.2) is 38.0 Å². The van der Waals surface area contributed by atoms with Crippen LogP contribution in [-0.2, 0) is 6.54 Å². The van der Waals surface area contributed by atoms with Gasteiger partial charge in [-0.25, -0.2) is 4.98 Å². The lowest BCUT2D eigenvalue weighted by molar-refractivity contribution is 0.102. The van der Waals surface area contributed by atoms with E-state index in [1.807, 2.05) is 17.7 Å². The molecule has 3 heterocycles. The van der Waals surface area contributed by atoms with Crippen LogP contribution in [0.25, 0.3) is 11.0 Å². The Bertz CT molecular complexity index is 1140. The molecule has 0 aliphatic rings. The normalized spacial score (nSPS) is 11.0. The van der Waals surface area contributed by atoms with E-state index in [0.29, 0.717) is 34.2 Å². The van der Waals surface area contributed by atoms with Gasteiger partial charge in [-0.1, -0.05) is 16.8 Å². The highest BCUT2D eigenvalue weighted by molar-refractivity contribution is 6.39. The zero-order valence-corrected chi connectivity index (χ0v) is 16.0. The highest BCUT2D eigenvalue weighted by atomic mass is 35.5. The molecule has 0 unspecified atom stereocenters. The number of halogens is 1. The van der Waals surface area contributed by atoms with E-state index in [1.54, 1.807) is 37.6 Å². The molecule has 0 bridgehead atoms. The average molecular weight is 397 g/mol. The van der Waals surface area contributed by atoms with Gasteiger partial charge in [0.15, 0.2) is 0 Å². The van der Waals surface area contributed by atoms with E-state index in [1.165, 1.54) is 6.20 Å². The van der Waals surface area contributed by atoms with Crippen molar-refractivity contribution in [3.05, 3.63) is 64.7 Å². The van der Waals surface area contributed by atoms with Gasteiger partial charge in [0.25, 0.3) is 5.91 Å². The zero-order chi connectivity index (χ0) is 19.7. The van der Waals surface area contributed by atoms with E-state index in [-0.39, 0.29) is 5.91 Å². The van der Waals surface area contributed by atoms with Gasteiger partial charge in [0.05, 0.1) is 24.2 Å². The van der Waals surface area contributed by atoms with Crippen molar-refractivity contribution in [2.75, 3.05) is 12.4 Å². The standard InChI is InChI=1S/C19H17ClN6O2/c1-11-9-26(10-13-7-22-25-24-13)18-16(11)17(20)15(8-21-18)19(27)23-12-3-5-14(28-2)6-4-12/h3-9H,10H2,1-2H3,(H,23,27)(H,22,24,25). The summed E-state index contributed by atoms with van der Waals surface area (Å²) in [4.78, 5) is 17.2. The van der Waals surface area contributed by atoms with Crippen molar-refractivity contribution < 1.29 is 9.53 Å². The fourth-order valence-electron chi connectivity index (χ4n) is 3.04. The van der Waals surface area contributed by atoms with Gasteiger partial charge in [-0.2, -0.15) is 0 Å². The summed E-state index contributed by atoms with van der Waals surface area (Å²) < 4.78 is 7.05. The molecule has 0 aliphatic heterocycles. The van der Waals surface area contributed by atoms with Crippen molar-refractivity contribution in [1.29, 1.82) is 0 Å². The second-order valence-corrected chi connectivity index (χ2v) is 6.65. The summed E-state index contributed by atoms with van der Waals surface area (Å²) in [5, 5.41) is 14.3. The lowest BCUT2D eigenvalue weighted by atomic mass is 10.1. The number of carbonyl (C=O) groups is 1. The number of anilines is 1. The number of pyridine rings is 1. The first-order chi connectivity index (χ1) is 13.6. The van der Waals surface area contributed by atoms with Crippen LogP contribution in [0, 0.1) is 6.92 Å². The number of H-pyrrole nitrogens is 1. The highest BCUT2D eigenvalue weighted by Crippen LogP contribution is 2.30. The van der Waals surface area contributed by atoms with Gasteiger partial charge >= 0.3 is 0 Å². The first-order valence-corrected chi connectivity index (χ1v) is 8.89. The number of amides is 1. The summed E-state index contributed by atoms with van der Waals surface area (Å²) in [6.45, 7) is 2.43. The van der Waals surface area contributed by atoms with E-state index in [0.717, 1.165) is 16.6 Å². The van der Waals surface area contributed by atoms with E-state index < -0.39 is 0 Å². The number of ether oxygens (including phenoxy) is 1. The highest BCUT2D eigenvalue weighted by Gasteiger charge is 2.19. The van der Waals surface area contributed by atoms with Crippen molar-refractivity contribution in [1.82, 2.24) is 25.0 Å². The molecule has 0 saturated carbocycles. The fraction of sp³-hybridized carbons (Fsp3) is 0.158. The first kappa shape index (κ1) is 18.0. The third kappa shape index (κ3) is 3.29. The van der Waals surface area contributed by atoms with Gasteiger partial charge < -0.3 is 14.6 Å². The summed E-state index contributed by atoms with van der Waals surface area (Å²) in [6.07, 6.45) is 5.14. The van der Waals surface area contributed by atoms with Gasteiger partial charge in [-0.15, -0.1) is 5.10 Å². The Balaban J connectivity index is 1.65. The number of carbonyl (C=O) groups excluding carboxylic acids is 1. The van der Waals surface area contributed by atoms with Crippen LogP contribution in [0.15, 0.2) is 42.9 Å². The van der Waals surface area contributed by atoms with Gasteiger partial charge in [0.2, 0.25) is 0 Å². The monoisotopic (exact) mass is 396 g/mol. The minimum absolute atomic E-state index is 0.312. The van der Waals surface area contributed by atoms with Gasteiger partial charge in [-0.3, -0.25) is 9.89 Å². The van der Waals surface area contributed by atoms with E-state index >= 15 is 0 Å². The second kappa shape index (κ2) is 7.32. The second-order valence-electron chi connectivity index (χ2n) is 6.27. The van der Waals surface area contributed by atoms with Gasteiger partial charge in [0, 0.05) is 29.7 Å². The molecule has 4 rings (SSSR count). The first-order valence-electron chi connectivity index (χ1n) is 8.51. The van der Waals surface area contributed by atoms with E-state index in [2.05, 4.69) is 25.7 Å². The summed E-state index contributed by atoms with van der Waals surface area (Å²) in [5.74, 6) is 0.386. The predicted octanol–water partition coefficient (Wildman–Crippen LogP) is 3.43.